The number of benzene rings is 3. The van der Waals surface area contributed by atoms with Crippen LogP contribution in [0.15, 0.2) is 98.4 Å². The zero-order valence-corrected chi connectivity index (χ0v) is 21.4. The molecule has 0 aliphatic carbocycles. The summed E-state index contributed by atoms with van der Waals surface area (Å²) in [6.07, 6.45) is 1.74. The van der Waals surface area contributed by atoms with Gasteiger partial charge in [0.05, 0.1) is 4.90 Å². The summed E-state index contributed by atoms with van der Waals surface area (Å²) in [5, 5.41) is 3.55. The quantitative estimate of drug-likeness (QED) is 0.195. The minimum atomic E-state index is -0.251. The molecule has 0 saturated carbocycles. The number of halogens is 1. The first-order valence-electron chi connectivity index (χ1n) is 10.3. The highest BCUT2D eigenvalue weighted by atomic mass is 79.9. The average Bonchev–Trinajstić information content (AvgIpc) is 2.82. The van der Waals surface area contributed by atoms with Gasteiger partial charge < -0.3 is 5.32 Å². The van der Waals surface area contributed by atoms with E-state index in [4.69, 9.17) is 0 Å². The van der Waals surface area contributed by atoms with Crippen LogP contribution in [-0.4, -0.2) is 15.9 Å². The topological polar surface area (TPSA) is 54.9 Å². The largest absolute Gasteiger partial charge is 0.321 e. The van der Waals surface area contributed by atoms with Crippen molar-refractivity contribution in [2.24, 2.45) is 0 Å². The number of thioether (sulfide) groups is 1. The smallest absolute Gasteiger partial charge is 0.275 e. The summed E-state index contributed by atoms with van der Waals surface area (Å²) in [7, 11) is 0. The fraction of sp³-hybridized carbons (Fsp3) is 0.115. The van der Waals surface area contributed by atoms with Gasteiger partial charge >= 0.3 is 0 Å². The maximum atomic E-state index is 13.2. The number of aromatic nitrogens is 2. The van der Waals surface area contributed by atoms with Crippen LogP contribution in [0.1, 0.15) is 27.2 Å². The molecule has 0 atom stereocenters. The summed E-state index contributed by atoms with van der Waals surface area (Å²) < 4.78 is 1.00. The maximum Gasteiger partial charge on any atom is 0.275 e. The molecule has 166 valence electrons. The summed E-state index contributed by atoms with van der Waals surface area (Å²) in [5.41, 5.74) is 4.69. The van der Waals surface area contributed by atoms with Crippen molar-refractivity contribution in [2.75, 3.05) is 5.32 Å². The van der Waals surface area contributed by atoms with Crippen LogP contribution in [0, 0.1) is 13.8 Å². The van der Waals surface area contributed by atoms with Crippen LogP contribution in [0.3, 0.4) is 0 Å². The first kappa shape index (κ1) is 23.5. The van der Waals surface area contributed by atoms with Crippen LogP contribution >= 0.6 is 39.5 Å². The number of rotatable bonds is 7. The Bertz CT molecular complexity index is 1260. The van der Waals surface area contributed by atoms with E-state index in [1.807, 2.05) is 67.6 Å². The summed E-state index contributed by atoms with van der Waals surface area (Å²) in [5.74, 6) is 0.490. The third kappa shape index (κ3) is 6.47. The number of aryl methyl sites for hydroxylation is 2. The first-order chi connectivity index (χ1) is 16.0. The van der Waals surface area contributed by atoms with Gasteiger partial charge in [0.1, 0.15) is 5.69 Å². The lowest BCUT2D eigenvalue weighted by Crippen LogP contribution is -2.16. The van der Waals surface area contributed by atoms with Crippen LogP contribution in [0.2, 0.25) is 0 Å². The molecular formula is C26H22BrN3OS2. The van der Waals surface area contributed by atoms with Gasteiger partial charge in [0.15, 0.2) is 5.16 Å². The fourth-order valence-electron chi connectivity index (χ4n) is 3.03. The second-order valence-electron chi connectivity index (χ2n) is 7.46. The Morgan fingerprint density at radius 2 is 1.70 bits per heavy atom. The highest BCUT2D eigenvalue weighted by Crippen LogP contribution is 2.32. The van der Waals surface area contributed by atoms with E-state index in [-0.39, 0.29) is 5.91 Å². The molecular weight excluding hydrogens is 514 g/mol. The Labute approximate surface area is 210 Å². The van der Waals surface area contributed by atoms with Crippen LogP contribution in [-0.2, 0) is 5.75 Å². The number of nitrogens with zero attached hydrogens (tertiary/aromatic N) is 2. The molecule has 7 heteroatoms. The molecule has 0 fully saturated rings. The molecule has 0 saturated heterocycles. The van der Waals surface area contributed by atoms with Crippen LogP contribution in [0.25, 0.3) is 0 Å². The Balaban J connectivity index is 1.60. The molecule has 0 aliphatic rings. The van der Waals surface area contributed by atoms with Crippen molar-refractivity contribution in [2.45, 2.75) is 34.5 Å². The molecule has 3 aromatic carbocycles. The van der Waals surface area contributed by atoms with Gasteiger partial charge in [-0.25, -0.2) is 9.97 Å². The van der Waals surface area contributed by atoms with Crippen molar-refractivity contribution < 1.29 is 4.79 Å². The molecule has 0 bridgehead atoms. The van der Waals surface area contributed by atoms with E-state index in [2.05, 4.69) is 50.3 Å². The number of amides is 1. The Morgan fingerprint density at radius 3 is 2.42 bits per heavy atom. The molecule has 0 spiro atoms. The summed E-state index contributed by atoms with van der Waals surface area (Å²) in [4.78, 5) is 24.1. The van der Waals surface area contributed by atoms with Crippen molar-refractivity contribution in [3.8, 4) is 0 Å². The third-order valence-electron chi connectivity index (χ3n) is 4.92. The van der Waals surface area contributed by atoms with E-state index in [9.17, 15) is 4.79 Å². The zero-order valence-electron chi connectivity index (χ0n) is 18.2. The van der Waals surface area contributed by atoms with Crippen molar-refractivity contribution in [3.63, 3.8) is 0 Å². The number of hydrogen-bond acceptors (Lipinski definition) is 5. The minimum absolute atomic E-state index is 0.251. The number of hydrogen-bond donors (Lipinski definition) is 1. The summed E-state index contributed by atoms with van der Waals surface area (Å²) in [6.45, 7) is 4.11. The SMILES string of the molecule is Cc1ccc(NC(=O)c2nc(SCc3ccccc3C)ncc2Sc2ccc(Br)cc2)cc1. The number of anilines is 1. The predicted octanol–water partition coefficient (Wildman–Crippen LogP) is 7.55. The van der Waals surface area contributed by atoms with Gasteiger partial charge in [-0.15, -0.1) is 0 Å². The van der Waals surface area contributed by atoms with Gasteiger partial charge in [0, 0.05) is 27.0 Å². The predicted molar refractivity (Wildman–Crippen MR) is 140 cm³/mol. The Kier molecular flexibility index (Phi) is 7.85. The molecule has 4 nitrogen and oxygen atoms in total. The number of nitrogens with one attached hydrogen (secondary N) is 1. The molecule has 1 N–H and O–H groups in total. The molecule has 0 aliphatic heterocycles. The van der Waals surface area contributed by atoms with E-state index < -0.39 is 0 Å². The van der Waals surface area contributed by atoms with Crippen molar-refractivity contribution in [1.29, 1.82) is 0 Å². The van der Waals surface area contributed by atoms with Gasteiger partial charge in [-0.3, -0.25) is 4.79 Å². The molecule has 1 amide bonds. The van der Waals surface area contributed by atoms with Crippen LogP contribution in [0.4, 0.5) is 5.69 Å². The van der Waals surface area contributed by atoms with E-state index in [1.54, 1.807) is 6.20 Å². The van der Waals surface area contributed by atoms with Gasteiger partial charge in [0.2, 0.25) is 0 Å². The first-order valence-corrected chi connectivity index (χ1v) is 12.9. The van der Waals surface area contributed by atoms with Crippen molar-refractivity contribution >= 4 is 51.0 Å². The summed E-state index contributed by atoms with van der Waals surface area (Å²) in [6, 6.07) is 23.9. The molecule has 4 rings (SSSR count). The molecule has 1 heterocycles. The van der Waals surface area contributed by atoms with Crippen LogP contribution in [0.5, 0.6) is 0 Å². The van der Waals surface area contributed by atoms with Gasteiger partial charge in [-0.05, 0) is 61.4 Å². The number of carbonyl (C=O) groups excluding carboxylic acids is 1. The zero-order chi connectivity index (χ0) is 23.2. The normalized spacial score (nSPS) is 10.8. The van der Waals surface area contributed by atoms with Crippen molar-refractivity contribution in [3.05, 3.63) is 106 Å². The molecule has 4 aromatic rings. The molecule has 0 radical (unpaired) electrons. The standard InChI is InChI=1S/C26H22BrN3OS2/c1-17-7-11-21(12-8-17)29-25(31)24-23(33-22-13-9-20(27)10-14-22)15-28-26(30-24)32-16-19-6-4-3-5-18(19)2/h3-15H,16H2,1-2H3,(H,29,31). The highest BCUT2D eigenvalue weighted by Gasteiger charge is 2.17. The van der Waals surface area contributed by atoms with E-state index in [0.29, 0.717) is 15.7 Å². The van der Waals surface area contributed by atoms with E-state index in [0.717, 1.165) is 26.4 Å². The lowest BCUT2D eigenvalue weighted by molar-refractivity contribution is 0.101. The average molecular weight is 537 g/mol. The molecule has 33 heavy (non-hydrogen) atoms. The number of carbonyl (C=O) groups is 1. The monoisotopic (exact) mass is 535 g/mol. The Morgan fingerprint density at radius 1 is 0.970 bits per heavy atom. The van der Waals surface area contributed by atoms with Gasteiger partial charge in [0.25, 0.3) is 5.91 Å². The maximum absolute atomic E-state index is 13.2. The fourth-order valence-corrected chi connectivity index (χ4v) is 5.06. The summed E-state index contributed by atoms with van der Waals surface area (Å²) >= 11 is 6.46. The molecule has 0 unspecified atom stereocenters. The lowest BCUT2D eigenvalue weighted by Gasteiger charge is -2.11. The van der Waals surface area contributed by atoms with Crippen LogP contribution < -0.4 is 5.32 Å². The van der Waals surface area contributed by atoms with Gasteiger partial charge in [-0.1, -0.05) is 81.4 Å². The van der Waals surface area contributed by atoms with Crippen molar-refractivity contribution in [1.82, 2.24) is 9.97 Å². The highest BCUT2D eigenvalue weighted by molar-refractivity contribution is 9.10. The third-order valence-corrected chi connectivity index (χ3v) is 7.38. The van der Waals surface area contributed by atoms with E-state index >= 15 is 0 Å². The lowest BCUT2D eigenvalue weighted by atomic mass is 10.1. The van der Waals surface area contributed by atoms with Gasteiger partial charge in [-0.2, -0.15) is 0 Å². The molecule has 1 aromatic heterocycles. The minimum Gasteiger partial charge on any atom is -0.321 e. The second-order valence-corrected chi connectivity index (χ2v) is 10.4. The second kappa shape index (κ2) is 11.0. The Hall–Kier alpha value is -2.61. The van der Waals surface area contributed by atoms with E-state index in [1.165, 1.54) is 34.7 Å².